The summed E-state index contributed by atoms with van der Waals surface area (Å²) in [5.41, 5.74) is 9.39. The second kappa shape index (κ2) is 11.8. The number of amides is 2. The lowest BCUT2D eigenvalue weighted by Gasteiger charge is -2.36. The molecule has 0 radical (unpaired) electrons. The number of halogens is 1. The van der Waals surface area contributed by atoms with Gasteiger partial charge in [-0.25, -0.2) is 9.78 Å². The third-order valence-electron chi connectivity index (χ3n) is 7.03. The first-order chi connectivity index (χ1) is 18.5. The number of primary amides is 1. The molecule has 2 aromatic carbocycles. The Morgan fingerprint density at radius 1 is 1.00 bits per heavy atom. The van der Waals surface area contributed by atoms with E-state index in [9.17, 15) is 4.79 Å². The fourth-order valence-corrected chi connectivity index (χ4v) is 5.24. The van der Waals surface area contributed by atoms with Crippen LogP contribution in [0.1, 0.15) is 12.8 Å². The molecule has 2 aromatic heterocycles. The van der Waals surface area contributed by atoms with Crippen molar-refractivity contribution in [3.8, 4) is 17.0 Å². The normalized spacial score (nSPS) is 14.1. The number of hydrogen-bond acceptors (Lipinski definition) is 5. The Labute approximate surface area is 228 Å². The van der Waals surface area contributed by atoms with E-state index < -0.39 is 6.03 Å². The fourth-order valence-electron chi connectivity index (χ4n) is 5.08. The number of hydrogen-bond donors (Lipinski definition) is 1. The van der Waals surface area contributed by atoms with Crippen molar-refractivity contribution in [2.45, 2.75) is 12.8 Å². The Hall–Kier alpha value is -3.75. The number of aromatic nitrogens is 2. The molecule has 1 aliphatic rings. The van der Waals surface area contributed by atoms with Gasteiger partial charge in [-0.15, -0.1) is 0 Å². The van der Waals surface area contributed by atoms with Gasteiger partial charge in [0.25, 0.3) is 0 Å². The monoisotopic (exact) mass is 532 g/mol. The van der Waals surface area contributed by atoms with Crippen LogP contribution in [-0.2, 0) is 0 Å². The van der Waals surface area contributed by atoms with E-state index in [1.807, 2.05) is 52.9 Å². The molecule has 8 nitrogen and oxygen atoms in total. The minimum absolute atomic E-state index is 0.497. The van der Waals surface area contributed by atoms with E-state index in [0.717, 1.165) is 62.6 Å². The summed E-state index contributed by atoms with van der Waals surface area (Å²) in [5, 5.41) is 0.562. The maximum Gasteiger partial charge on any atom is 0.320 e. The lowest BCUT2D eigenvalue weighted by molar-refractivity contribution is 0.248. The van der Waals surface area contributed by atoms with Crippen LogP contribution in [0, 0.1) is 0 Å². The molecule has 1 aliphatic heterocycles. The summed E-state index contributed by atoms with van der Waals surface area (Å²) < 4.78 is 7.39. The number of imidazole rings is 1. The SMILES string of the molecule is COc1ccccc1N1CCN(CCCCN(C(N)=O)c2c(-c3ccccc3)nc3ccc(Cl)cn23)CC1. The van der Waals surface area contributed by atoms with E-state index in [1.54, 1.807) is 24.3 Å². The summed E-state index contributed by atoms with van der Waals surface area (Å²) in [5.74, 6) is 1.56. The average Bonchev–Trinajstić information content (AvgIpc) is 3.32. The average molecular weight is 533 g/mol. The van der Waals surface area contributed by atoms with Crippen LogP contribution in [-0.4, -0.2) is 66.7 Å². The van der Waals surface area contributed by atoms with Gasteiger partial charge in [0.1, 0.15) is 22.9 Å². The molecule has 0 bridgehead atoms. The minimum atomic E-state index is -0.505. The van der Waals surface area contributed by atoms with Crippen molar-refractivity contribution in [3.63, 3.8) is 0 Å². The number of piperazine rings is 1. The number of unbranched alkanes of at least 4 members (excludes halogenated alkanes) is 1. The minimum Gasteiger partial charge on any atom is -0.495 e. The van der Waals surface area contributed by atoms with Crippen molar-refractivity contribution in [2.75, 3.05) is 56.2 Å². The first-order valence-corrected chi connectivity index (χ1v) is 13.3. The third-order valence-corrected chi connectivity index (χ3v) is 7.25. The van der Waals surface area contributed by atoms with Gasteiger partial charge in [0.15, 0.2) is 0 Å². The lowest BCUT2D eigenvalue weighted by Crippen LogP contribution is -2.46. The predicted molar refractivity (Wildman–Crippen MR) is 153 cm³/mol. The third kappa shape index (κ3) is 5.56. The molecule has 38 heavy (non-hydrogen) atoms. The van der Waals surface area contributed by atoms with E-state index in [2.05, 4.69) is 21.9 Å². The topological polar surface area (TPSA) is 79.3 Å². The number of ether oxygens (including phenoxy) is 1. The van der Waals surface area contributed by atoms with Gasteiger partial charge in [-0.2, -0.15) is 0 Å². The summed E-state index contributed by atoms with van der Waals surface area (Å²) in [6.07, 6.45) is 3.55. The van der Waals surface area contributed by atoms with Crippen LogP contribution in [0.15, 0.2) is 72.9 Å². The Balaban J connectivity index is 1.24. The maximum atomic E-state index is 12.7. The number of methoxy groups -OCH3 is 1. The molecule has 198 valence electrons. The first kappa shape index (κ1) is 25.9. The number of pyridine rings is 1. The molecule has 2 amide bonds. The summed E-state index contributed by atoms with van der Waals surface area (Å²) in [7, 11) is 1.72. The molecular formula is C29H33ClN6O2. The van der Waals surface area contributed by atoms with Crippen molar-refractivity contribution in [3.05, 3.63) is 77.9 Å². The number of rotatable bonds is 9. The largest absolute Gasteiger partial charge is 0.495 e. The molecule has 3 heterocycles. The zero-order chi connectivity index (χ0) is 26.5. The second-order valence-corrected chi connectivity index (χ2v) is 9.86. The zero-order valence-electron chi connectivity index (χ0n) is 21.6. The highest BCUT2D eigenvalue weighted by Gasteiger charge is 2.24. The zero-order valence-corrected chi connectivity index (χ0v) is 22.3. The Bertz CT molecular complexity index is 1380. The van der Waals surface area contributed by atoms with E-state index in [1.165, 1.54) is 0 Å². The van der Waals surface area contributed by atoms with Crippen LogP contribution in [0.3, 0.4) is 0 Å². The smallest absolute Gasteiger partial charge is 0.320 e. The van der Waals surface area contributed by atoms with Crippen LogP contribution < -0.4 is 20.3 Å². The maximum absolute atomic E-state index is 12.7. The summed E-state index contributed by atoms with van der Waals surface area (Å²) in [6, 6.07) is 21.1. The lowest BCUT2D eigenvalue weighted by atomic mass is 10.1. The molecule has 4 aromatic rings. The highest BCUT2D eigenvalue weighted by molar-refractivity contribution is 6.30. The number of fused-ring (bicyclic) bond motifs is 1. The van der Waals surface area contributed by atoms with E-state index >= 15 is 0 Å². The number of anilines is 2. The molecule has 9 heteroatoms. The summed E-state index contributed by atoms with van der Waals surface area (Å²) in [6.45, 7) is 5.35. The van der Waals surface area contributed by atoms with Crippen LogP contribution in [0.2, 0.25) is 5.02 Å². The van der Waals surface area contributed by atoms with E-state index in [-0.39, 0.29) is 0 Å². The van der Waals surface area contributed by atoms with Crippen LogP contribution in [0.5, 0.6) is 5.75 Å². The second-order valence-electron chi connectivity index (χ2n) is 9.42. The van der Waals surface area contributed by atoms with Gasteiger partial charge in [-0.1, -0.05) is 54.1 Å². The Kier molecular flexibility index (Phi) is 8.00. The van der Waals surface area contributed by atoms with Gasteiger partial charge in [-0.3, -0.25) is 14.2 Å². The molecule has 0 atom stereocenters. The Morgan fingerprint density at radius 3 is 2.47 bits per heavy atom. The van der Waals surface area contributed by atoms with Gasteiger partial charge in [0.05, 0.1) is 17.8 Å². The number of carbonyl (C=O) groups excluding carboxylic acids is 1. The molecule has 5 rings (SSSR count). The molecule has 1 saturated heterocycles. The summed E-state index contributed by atoms with van der Waals surface area (Å²) >= 11 is 6.31. The van der Waals surface area contributed by atoms with E-state index in [0.29, 0.717) is 28.7 Å². The van der Waals surface area contributed by atoms with Gasteiger partial charge in [-0.05, 0) is 43.7 Å². The van der Waals surface area contributed by atoms with Crippen molar-refractivity contribution in [1.29, 1.82) is 0 Å². The van der Waals surface area contributed by atoms with Crippen molar-refractivity contribution in [2.24, 2.45) is 5.73 Å². The van der Waals surface area contributed by atoms with Gasteiger partial charge < -0.3 is 15.4 Å². The van der Waals surface area contributed by atoms with Crippen molar-refractivity contribution in [1.82, 2.24) is 14.3 Å². The molecule has 1 fully saturated rings. The predicted octanol–water partition coefficient (Wildman–Crippen LogP) is 5.15. The van der Waals surface area contributed by atoms with Gasteiger partial charge in [0, 0.05) is 44.5 Å². The highest BCUT2D eigenvalue weighted by Crippen LogP contribution is 2.33. The van der Waals surface area contributed by atoms with Crippen LogP contribution in [0.25, 0.3) is 16.9 Å². The van der Waals surface area contributed by atoms with Crippen molar-refractivity contribution >= 4 is 34.8 Å². The molecular weight excluding hydrogens is 500 g/mol. The van der Waals surface area contributed by atoms with Gasteiger partial charge in [0.2, 0.25) is 0 Å². The fraction of sp³-hybridized carbons (Fsp3) is 0.310. The van der Waals surface area contributed by atoms with Gasteiger partial charge >= 0.3 is 6.03 Å². The molecule has 0 unspecified atom stereocenters. The standard InChI is InChI=1S/C29H33ClN6O2/c1-38-25-12-6-5-11-24(25)34-19-17-33(18-20-34)15-7-8-16-35(29(31)37)28-27(22-9-3-2-4-10-22)32-26-14-13-23(30)21-36(26)28/h2-6,9-14,21H,7-8,15-20H2,1H3,(H2,31,37). The number of benzene rings is 2. The van der Waals surface area contributed by atoms with Crippen molar-refractivity contribution < 1.29 is 9.53 Å². The molecule has 2 N–H and O–H groups in total. The number of para-hydroxylation sites is 2. The van der Waals surface area contributed by atoms with Crippen LogP contribution >= 0.6 is 11.6 Å². The number of nitrogens with zero attached hydrogens (tertiary/aromatic N) is 5. The molecule has 0 saturated carbocycles. The Morgan fingerprint density at radius 2 is 1.74 bits per heavy atom. The number of urea groups is 1. The highest BCUT2D eigenvalue weighted by atomic mass is 35.5. The van der Waals surface area contributed by atoms with Crippen LogP contribution in [0.4, 0.5) is 16.3 Å². The summed E-state index contributed by atoms with van der Waals surface area (Å²) in [4.78, 5) is 24.0. The number of carbonyl (C=O) groups is 1. The number of nitrogens with two attached hydrogens (primary N) is 1. The quantitative estimate of drug-likeness (QED) is 0.302. The molecule has 0 aliphatic carbocycles. The first-order valence-electron chi connectivity index (χ1n) is 13.0. The van der Waals surface area contributed by atoms with E-state index in [4.69, 9.17) is 27.1 Å². The molecule has 0 spiro atoms.